The summed E-state index contributed by atoms with van der Waals surface area (Å²) < 4.78 is 16.5. The molecule has 0 bridgehead atoms. The molecule has 92 valence electrons. The van der Waals surface area contributed by atoms with Crippen LogP contribution in [0.2, 0.25) is 0 Å². The van der Waals surface area contributed by atoms with Crippen LogP contribution in [0.25, 0.3) is 11.0 Å². The maximum atomic E-state index is 13.1. The van der Waals surface area contributed by atoms with Gasteiger partial charge in [-0.05, 0) is 12.1 Å². The van der Waals surface area contributed by atoms with Gasteiger partial charge in [-0.2, -0.15) is 5.10 Å². The average molecular weight is 246 g/mol. The lowest BCUT2D eigenvalue weighted by Crippen LogP contribution is -2.06. The van der Waals surface area contributed by atoms with E-state index in [2.05, 4.69) is 15.1 Å². The van der Waals surface area contributed by atoms with Crippen LogP contribution in [0.15, 0.2) is 24.5 Å². The van der Waals surface area contributed by atoms with E-state index in [1.807, 2.05) is 0 Å². The first kappa shape index (κ1) is 10.7. The van der Waals surface area contributed by atoms with Crippen molar-refractivity contribution in [3.05, 3.63) is 36.2 Å². The summed E-state index contributed by atoms with van der Waals surface area (Å²) in [6.07, 6.45) is 1.62. The minimum Gasteiger partial charge on any atom is -0.369 e. The minimum atomic E-state index is -0.330. The highest BCUT2D eigenvalue weighted by atomic mass is 19.1. The highest BCUT2D eigenvalue weighted by molar-refractivity contribution is 5.78. The summed E-state index contributed by atoms with van der Waals surface area (Å²) in [6, 6.07) is 4.39. The number of imidazole rings is 1. The number of rotatable bonds is 2. The Labute approximate surface area is 102 Å². The summed E-state index contributed by atoms with van der Waals surface area (Å²) in [4.78, 5) is 8.25. The first-order valence-electron chi connectivity index (χ1n) is 5.39. The first-order valence-corrected chi connectivity index (χ1v) is 5.39. The Morgan fingerprint density at radius 1 is 1.39 bits per heavy atom. The van der Waals surface area contributed by atoms with Crippen molar-refractivity contribution in [3.8, 4) is 0 Å². The molecule has 0 atom stereocenters. The van der Waals surface area contributed by atoms with E-state index in [0.29, 0.717) is 23.8 Å². The molecule has 0 amide bonds. The van der Waals surface area contributed by atoms with Gasteiger partial charge in [0.1, 0.15) is 12.1 Å². The number of nitrogens with zero attached hydrogens (tertiary/aromatic N) is 5. The SMILES string of the molecule is Cn1cnc(Cn2c(N)nc3cc(F)ccc32)n1. The lowest BCUT2D eigenvalue weighted by Gasteiger charge is -2.02. The molecule has 0 radical (unpaired) electrons. The molecule has 6 nitrogen and oxygen atoms in total. The summed E-state index contributed by atoms with van der Waals surface area (Å²) in [6.45, 7) is 0.412. The van der Waals surface area contributed by atoms with Crippen LogP contribution in [0, 0.1) is 5.82 Å². The van der Waals surface area contributed by atoms with E-state index >= 15 is 0 Å². The van der Waals surface area contributed by atoms with E-state index in [4.69, 9.17) is 5.73 Å². The number of benzene rings is 1. The molecule has 0 unspecified atom stereocenters. The van der Waals surface area contributed by atoms with Gasteiger partial charge < -0.3 is 10.3 Å². The summed E-state index contributed by atoms with van der Waals surface area (Å²) in [7, 11) is 1.79. The van der Waals surface area contributed by atoms with E-state index in [-0.39, 0.29) is 5.82 Å². The second-order valence-electron chi connectivity index (χ2n) is 4.02. The van der Waals surface area contributed by atoms with Gasteiger partial charge in [0.25, 0.3) is 0 Å². The number of aromatic nitrogens is 5. The van der Waals surface area contributed by atoms with Crippen LogP contribution >= 0.6 is 0 Å². The largest absolute Gasteiger partial charge is 0.369 e. The Morgan fingerprint density at radius 3 is 2.94 bits per heavy atom. The molecule has 18 heavy (non-hydrogen) atoms. The fourth-order valence-corrected chi connectivity index (χ4v) is 1.89. The minimum absolute atomic E-state index is 0.322. The Hall–Kier alpha value is -2.44. The Bertz CT molecular complexity index is 713. The van der Waals surface area contributed by atoms with Crippen molar-refractivity contribution in [3.63, 3.8) is 0 Å². The van der Waals surface area contributed by atoms with Crippen molar-refractivity contribution in [2.45, 2.75) is 6.54 Å². The van der Waals surface area contributed by atoms with E-state index in [9.17, 15) is 4.39 Å². The van der Waals surface area contributed by atoms with Crippen LogP contribution in [0.5, 0.6) is 0 Å². The number of hydrogen-bond donors (Lipinski definition) is 1. The van der Waals surface area contributed by atoms with Crippen LogP contribution in [0.3, 0.4) is 0 Å². The van der Waals surface area contributed by atoms with Crippen LogP contribution in [-0.2, 0) is 13.6 Å². The number of hydrogen-bond acceptors (Lipinski definition) is 4. The van der Waals surface area contributed by atoms with Gasteiger partial charge in [-0.25, -0.2) is 14.4 Å². The van der Waals surface area contributed by atoms with E-state index < -0.39 is 0 Å². The molecule has 2 aromatic heterocycles. The third-order valence-corrected chi connectivity index (χ3v) is 2.69. The Kier molecular flexibility index (Phi) is 2.26. The maximum absolute atomic E-state index is 13.1. The molecule has 0 aliphatic carbocycles. The van der Waals surface area contributed by atoms with E-state index in [1.165, 1.54) is 12.1 Å². The molecule has 0 fully saturated rings. The zero-order chi connectivity index (χ0) is 12.7. The molecule has 2 N–H and O–H groups in total. The normalized spacial score (nSPS) is 11.2. The molecular weight excluding hydrogens is 235 g/mol. The van der Waals surface area contributed by atoms with Gasteiger partial charge >= 0.3 is 0 Å². The predicted octanol–water partition coefficient (Wildman–Crippen LogP) is 0.934. The van der Waals surface area contributed by atoms with Crippen LogP contribution in [0.1, 0.15) is 5.82 Å². The van der Waals surface area contributed by atoms with Crippen molar-refractivity contribution < 1.29 is 4.39 Å². The average Bonchev–Trinajstić information content (AvgIpc) is 2.84. The van der Waals surface area contributed by atoms with Crippen molar-refractivity contribution in [2.75, 3.05) is 5.73 Å². The highest BCUT2D eigenvalue weighted by Gasteiger charge is 2.11. The Morgan fingerprint density at radius 2 is 2.22 bits per heavy atom. The third-order valence-electron chi connectivity index (χ3n) is 2.69. The molecule has 2 heterocycles. The molecule has 0 spiro atoms. The molecular formula is C11H11FN6. The molecule has 0 saturated carbocycles. The highest BCUT2D eigenvalue weighted by Crippen LogP contribution is 2.19. The van der Waals surface area contributed by atoms with Crippen molar-refractivity contribution in [1.29, 1.82) is 0 Å². The summed E-state index contributed by atoms with van der Waals surface area (Å²) in [5.41, 5.74) is 7.12. The quantitative estimate of drug-likeness (QED) is 0.730. The van der Waals surface area contributed by atoms with Gasteiger partial charge in [0, 0.05) is 13.1 Å². The fraction of sp³-hybridized carbons (Fsp3) is 0.182. The Balaban J connectivity index is 2.08. The van der Waals surface area contributed by atoms with Gasteiger partial charge in [-0.1, -0.05) is 0 Å². The maximum Gasteiger partial charge on any atom is 0.201 e. The standard InChI is InChI=1S/C11H11FN6/c1-17-6-14-10(16-17)5-18-9-3-2-7(12)4-8(9)15-11(18)13/h2-4,6H,5H2,1H3,(H2,13,15). The van der Waals surface area contributed by atoms with Crippen molar-refractivity contribution >= 4 is 17.0 Å². The summed E-state index contributed by atoms with van der Waals surface area (Å²) >= 11 is 0. The zero-order valence-electron chi connectivity index (χ0n) is 9.71. The zero-order valence-corrected chi connectivity index (χ0v) is 9.71. The lowest BCUT2D eigenvalue weighted by atomic mass is 10.3. The van der Waals surface area contributed by atoms with Gasteiger partial charge in [0.15, 0.2) is 5.82 Å². The van der Waals surface area contributed by atoms with Crippen LogP contribution in [0.4, 0.5) is 10.3 Å². The summed E-state index contributed by atoms with van der Waals surface area (Å²) in [5.74, 6) is 0.624. The number of nitrogen functional groups attached to an aromatic ring is 1. The van der Waals surface area contributed by atoms with Gasteiger partial charge in [-0.3, -0.25) is 4.68 Å². The van der Waals surface area contributed by atoms with Crippen molar-refractivity contribution in [2.24, 2.45) is 7.05 Å². The number of anilines is 1. The molecule has 0 aliphatic heterocycles. The van der Waals surface area contributed by atoms with Gasteiger partial charge in [-0.15, -0.1) is 0 Å². The van der Waals surface area contributed by atoms with Crippen LogP contribution < -0.4 is 5.73 Å². The molecule has 3 rings (SSSR count). The predicted molar refractivity (Wildman–Crippen MR) is 64.2 cm³/mol. The molecule has 7 heteroatoms. The third kappa shape index (κ3) is 1.69. The number of aryl methyl sites for hydroxylation is 1. The summed E-state index contributed by atoms with van der Waals surface area (Å²) in [5, 5.41) is 4.18. The fourth-order valence-electron chi connectivity index (χ4n) is 1.89. The van der Waals surface area contributed by atoms with Gasteiger partial charge in [0.05, 0.1) is 17.6 Å². The van der Waals surface area contributed by atoms with E-state index in [0.717, 1.165) is 5.52 Å². The molecule has 0 saturated heterocycles. The van der Waals surface area contributed by atoms with E-state index in [1.54, 1.807) is 28.7 Å². The molecule has 3 aromatic rings. The first-order chi connectivity index (χ1) is 8.63. The molecule has 0 aliphatic rings. The van der Waals surface area contributed by atoms with Crippen molar-refractivity contribution in [1.82, 2.24) is 24.3 Å². The number of halogens is 1. The lowest BCUT2D eigenvalue weighted by molar-refractivity contribution is 0.629. The second-order valence-corrected chi connectivity index (χ2v) is 4.02. The van der Waals surface area contributed by atoms with Gasteiger partial charge in [0.2, 0.25) is 5.95 Å². The van der Waals surface area contributed by atoms with Crippen LogP contribution in [-0.4, -0.2) is 24.3 Å². The topological polar surface area (TPSA) is 74.5 Å². The number of fused-ring (bicyclic) bond motifs is 1. The molecule has 1 aromatic carbocycles. The number of nitrogens with two attached hydrogens (primary N) is 1. The smallest absolute Gasteiger partial charge is 0.201 e. The second kappa shape index (κ2) is 3.80. The monoisotopic (exact) mass is 246 g/mol.